The second-order valence-corrected chi connectivity index (χ2v) is 4.05. The SMILES string of the molecule is O=C(O)c1cc2ccc(C(F)(F)F)cc2n2nnnc12. The van der Waals surface area contributed by atoms with Gasteiger partial charge in [0.25, 0.3) is 0 Å². The molecule has 0 unspecified atom stereocenters. The Balaban J connectivity index is 2.42. The lowest BCUT2D eigenvalue weighted by molar-refractivity contribution is -0.137. The highest BCUT2D eigenvalue weighted by Crippen LogP contribution is 2.31. The van der Waals surface area contributed by atoms with Crippen LogP contribution in [0.3, 0.4) is 0 Å². The average molecular weight is 282 g/mol. The number of alkyl halides is 3. The van der Waals surface area contributed by atoms with Gasteiger partial charge in [-0.3, -0.25) is 0 Å². The molecule has 0 aliphatic heterocycles. The Morgan fingerprint density at radius 3 is 2.65 bits per heavy atom. The second kappa shape index (κ2) is 3.89. The van der Waals surface area contributed by atoms with E-state index in [1.165, 1.54) is 12.1 Å². The van der Waals surface area contributed by atoms with Crippen molar-refractivity contribution < 1.29 is 23.1 Å². The van der Waals surface area contributed by atoms with E-state index in [9.17, 15) is 18.0 Å². The van der Waals surface area contributed by atoms with Crippen LogP contribution in [-0.2, 0) is 6.18 Å². The van der Waals surface area contributed by atoms with Crippen LogP contribution in [0.5, 0.6) is 0 Å². The first-order chi connectivity index (χ1) is 9.38. The lowest BCUT2D eigenvalue weighted by atomic mass is 10.1. The Morgan fingerprint density at radius 1 is 1.25 bits per heavy atom. The summed E-state index contributed by atoms with van der Waals surface area (Å²) in [6.45, 7) is 0. The molecule has 1 aromatic carbocycles. The summed E-state index contributed by atoms with van der Waals surface area (Å²) < 4.78 is 39.1. The first-order valence-corrected chi connectivity index (χ1v) is 5.33. The quantitative estimate of drug-likeness (QED) is 0.738. The minimum Gasteiger partial charge on any atom is -0.478 e. The summed E-state index contributed by atoms with van der Waals surface area (Å²) in [4.78, 5) is 11.1. The van der Waals surface area contributed by atoms with Gasteiger partial charge in [0.1, 0.15) is 5.56 Å². The van der Waals surface area contributed by atoms with E-state index in [-0.39, 0.29) is 16.7 Å². The Bertz CT molecular complexity index is 841. The van der Waals surface area contributed by atoms with E-state index in [4.69, 9.17) is 5.11 Å². The highest BCUT2D eigenvalue weighted by atomic mass is 19.4. The third kappa shape index (κ3) is 1.75. The zero-order valence-corrected chi connectivity index (χ0v) is 9.59. The molecule has 1 N–H and O–H groups in total. The zero-order chi connectivity index (χ0) is 14.5. The fraction of sp³-hybridized carbons (Fsp3) is 0.0909. The molecule has 9 heteroatoms. The summed E-state index contributed by atoms with van der Waals surface area (Å²) in [7, 11) is 0. The smallest absolute Gasteiger partial charge is 0.416 e. The Morgan fingerprint density at radius 2 is 2.00 bits per heavy atom. The van der Waals surface area contributed by atoms with Crippen molar-refractivity contribution in [1.82, 2.24) is 20.0 Å². The summed E-state index contributed by atoms with van der Waals surface area (Å²) in [5, 5.41) is 19.7. The van der Waals surface area contributed by atoms with Gasteiger partial charge in [-0.05, 0) is 28.6 Å². The van der Waals surface area contributed by atoms with Gasteiger partial charge in [0.2, 0.25) is 0 Å². The maximum Gasteiger partial charge on any atom is 0.416 e. The molecule has 0 aliphatic carbocycles. The number of tetrazole rings is 1. The number of nitrogens with zero attached hydrogens (tertiary/aromatic N) is 4. The summed E-state index contributed by atoms with van der Waals surface area (Å²) >= 11 is 0. The monoisotopic (exact) mass is 282 g/mol. The molecular weight excluding hydrogens is 277 g/mol. The lowest BCUT2D eigenvalue weighted by Gasteiger charge is -2.08. The third-order valence-corrected chi connectivity index (χ3v) is 2.83. The van der Waals surface area contributed by atoms with Crippen LogP contribution >= 0.6 is 0 Å². The van der Waals surface area contributed by atoms with Crippen molar-refractivity contribution in [3.63, 3.8) is 0 Å². The molecular formula is C11H5F3N4O2. The maximum atomic E-state index is 12.7. The number of carboxylic acids is 1. The lowest BCUT2D eigenvalue weighted by Crippen LogP contribution is -2.07. The molecule has 0 bridgehead atoms. The van der Waals surface area contributed by atoms with Crippen LogP contribution in [0, 0.1) is 0 Å². The number of halogens is 3. The summed E-state index contributed by atoms with van der Waals surface area (Å²) in [5.41, 5.74) is -1.05. The van der Waals surface area contributed by atoms with E-state index >= 15 is 0 Å². The molecule has 0 radical (unpaired) electrons. The number of aromatic carboxylic acids is 1. The first kappa shape index (κ1) is 12.3. The van der Waals surface area contributed by atoms with Crippen LogP contribution in [0.2, 0.25) is 0 Å². The van der Waals surface area contributed by atoms with E-state index < -0.39 is 17.7 Å². The van der Waals surface area contributed by atoms with Gasteiger partial charge in [0.15, 0.2) is 5.65 Å². The average Bonchev–Trinajstić information content (AvgIpc) is 2.85. The summed E-state index contributed by atoms with van der Waals surface area (Å²) in [6.07, 6.45) is -4.50. The predicted octanol–water partition coefficient (Wildman–Crippen LogP) is 1.99. The van der Waals surface area contributed by atoms with Crippen molar-refractivity contribution in [1.29, 1.82) is 0 Å². The normalized spacial score (nSPS) is 12.2. The van der Waals surface area contributed by atoms with Crippen LogP contribution in [0.1, 0.15) is 15.9 Å². The Hall–Kier alpha value is -2.71. The van der Waals surface area contributed by atoms with E-state index in [1.807, 2.05) is 0 Å². The number of pyridine rings is 1. The Kier molecular flexibility index (Phi) is 2.40. The molecule has 0 fully saturated rings. The van der Waals surface area contributed by atoms with Gasteiger partial charge in [-0.2, -0.15) is 17.7 Å². The van der Waals surface area contributed by atoms with Crippen molar-refractivity contribution in [2.75, 3.05) is 0 Å². The van der Waals surface area contributed by atoms with Crippen LogP contribution in [0.4, 0.5) is 13.2 Å². The number of carbonyl (C=O) groups is 1. The fourth-order valence-corrected chi connectivity index (χ4v) is 1.92. The highest BCUT2D eigenvalue weighted by molar-refractivity contribution is 5.99. The molecule has 2 aromatic heterocycles. The zero-order valence-electron chi connectivity index (χ0n) is 9.59. The van der Waals surface area contributed by atoms with Gasteiger partial charge in [-0.1, -0.05) is 6.07 Å². The second-order valence-electron chi connectivity index (χ2n) is 4.05. The van der Waals surface area contributed by atoms with Gasteiger partial charge in [0, 0.05) is 5.39 Å². The molecule has 0 aliphatic rings. The minimum absolute atomic E-state index is 0.0878. The van der Waals surface area contributed by atoms with Crippen molar-refractivity contribution >= 4 is 22.5 Å². The standard InChI is InChI=1S/C11H5F3N4O2/c12-11(13,14)6-2-1-5-3-7(10(19)20)9-15-16-17-18(9)8(5)4-6/h1-4H,(H,19,20). The van der Waals surface area contributed by atoms with Crippen LogP contribution in [0.25, 0.3) is 16.6 Å². The largest absolute Gasteiger partial charge is 0.478 e. The van der Waals surface area contributed by atoms with Gasteiger partial charge >= 0.3 is 12.1 Å². The molecule has 0 atom stereocenters. The third-order valence-electron chi connectivity index (χ3n) is 2.83. The molecule has 2 heterocycles. The number of hydrogen-bond acceptors (Lipinski definition) is 4. The van der Waals surface area contributed by atoms with E-state index in [1.54, 1.807) is 0 Å². The van der Waals surface area contributed by atoms with E-state index in [2.05, 4.69) is 15.5 Å². The number of fused-ring (bicyclic) bond motifs is 3. The molecule has 0 saturated carbocycles. The molecule has 3 rings (SSSR count). The summed E-state index contributed by atoms with van der Waals surface area (Å²) in [5.74, 6) is -1.26. The van der Waals surface area contributed by atoms with E-state index in [0.29, 0.717) is 5.39 Å². The number of rotatable bonds is 1. The maximum absolute atomic E-state index is 12.7. The van der Waals surface area contributed by atoms with Crippen LogP contribution in [0.15, 0.2) is 24.3 Å². The number of carboxylic acid groups (broad SMARTS) is 1. The van der Waals surface area contributed by atoms with Crippen molar-refractivity contribution in [2.24, 2.45) is 0 Å². The number of aromatic nitrogens is 4. The molecule has 3 aromatic rings. The molecule has 0 saturated heterocycles. The number of hydrogen-bond donors (Lipinski definition) is 1. The predicted molar refractivity (Wildman–Crippen MR) is 60.2 cm³/mol. The van der Waals surface area contributed by atoms with Crippen molar-refractivity contribution in [3.8, 4) is 0 Å². The minimum atomic E-state index is -4.50. The molecule has 0 amide bonds. The van der Waals surface area contributed by atoms with Crippen LogP contribution in [-0.4, -0.2) is 31.1 Å². The summed E-state index contributed by atoms with van der Waals surface area (Å²) in [6, 6.07) is 4.18. The first-order valence-electron chi connectivity index (χ1n) is 5.33. The topological polar surface area (TPSA) is 80.4 Å². The van der Waals surface area contributed by atoms with Gasteiger partial charge in [-0.25, -0.2) is 4.79 Å². The molecule has 0 spiro atoms. The van der Waals surface area contributed by atoms with Crippen molar-refractivity contribution in [2.45, 2.75) is 6.18 Å². The van der Waals surface area contributed by atoms with Gasteiger partial charge < -0.3 is 5.11 Å². The fourth-order valence-electron chi connectivity index (χ4n) is 1.92. The van der Waals surface area contributed by atoms with Crippen LogP contribution < -0.4 is 0 Å². The van der Waals surface area contributed by atoms with Gasteiger partial charge in [0.05, 0.1) is 11.1 Å². The van der Waals surface area contributed by atoms with Gasteiger partial charge in [-0.15, -0.1) is 5.10 Å². The van der Waals surface area contributed by atoms with E-state index in [0.717, 1.165) is 16.6 Å². The van der Waals surface area contributed by atoms with Crippen molar-refractivity contribution in [3.05, 3.63) is 35.4 Å². The highest BCUT2D eigenvalue weighted by Gasteiger charge is 2.31. The Labute approximate surface area is 108 Å². The number of benzene rings is 1. The molecule has 102 valence electrons. The molecule has 20 heavy (non-hydrogen) atoms. The molecule has 6 nitrogen and oxygen atoms in total.